The van der Waals surface area contributed by atoms with E-state index in [0.29, 0.717) is 11.1 Å². The summed E-state index contributed by atoms with van der Waals surface area (Å²) >= 11 is 0. The summed E-state index contributed by atoms with van der Waals surface area (Å²) < 4.78 is 15.3. The first kappa shape index (κ1) is 12.3. The van der Waals surface area contributed by atoms with E-state index < -0.39 is 11.8 Å². The molecule has 0 unspecified atom stereocenters. The van der Waals surface area contributed by atoms with Crippen molar-refractivity contribution < 1.29 is 14.3 Å². The molecule has 0 bridgehead atoms. The van der Waals surface area contributed by atoms with E-state index >= 15 is 0 Å². The zero-order chi connectivity index (χ0) is 14.3. The number of carboxylic acids is 1. The van der Waals surface area contributed by atoms with Crippen LogP contribution in [0, 0.1) is 12.7 Å². The minimum Gasteiger partial charge on any atom is -0.478 e. The van der Waals surface area contributed by atoms with Crippen LogP contribution in [-0.4, -0.2) is 26.1 Å². The van der Waals surface area contributed by atoms with E-state index in [1.807, 2.05) is 0 Å². The van der Waals surface area contributed by atoms with Gasteiger partial charge in [0.1, 0.15) is 22.5 Å². The molecule has 0 aliphatic heterocycles. The summed E-state index contributed by atoms with van der Waals surface area (Å²) in [6, 6.07) is 9.29. The number of hydrogen-bond donors (Lipinski definition) is 1. The lowest BCUT2D eigenvalue weighted by molar-refractivity contribution is 0.0698. The van der Waals surface area contributed by atoms with Crippen molar-refractivity contribution in [3.05, 3.63) is 53.3 Å². The lowest BCUT2D eigenvalue weighted by Crippen LogP contribution is -2.06. The highest BCUT2D eigenvalue weighted by Crippen LogP contribution is 2.24. The lowest BCUT2D eigenvalue weighted by Gasteiger charge is -2.08. The Labute approximate surface area is 113 Å². The molecule has 0 radical (unpaired) electrons. The molecule has 0 saturated carbocycles. The molecule has 0 aliphatic rings. The maximum Gasteiger partial charge on any atom is 0.337 e. The monoisotopic (exact) mass is 271 g/mol. The zero-order valence-corrected chi connectivity index (χ0v) is 10.5. The molecule has 1 N–H and O–H groups in total. The predicted octanol–water partition coefficient (Wildman–Crippen LogP) is 2.57. The van der Waals surface area contributed by atoms with Gasteiger partial charge in [-0.1, -0.05) is 23.4 Å². The van der Waals surface area contributed by atoms with Crippen LogP contribution >= 0.6 is 0 Å². The Balaban J connectivity index is 2.41. The first-order valence-corrected chi connectivity index (χ1v) is 5.93. The molecule has 6 heteroatoms. The van der Waals surface area contributed by atoms with Crippen LogP contribution in [-0.2, 0) is 0 Å². The number of carbonyl (C=O) groups is 1. The molecule has 2 aromatic carbocycles. The van der Waals surface area contributed by atoms with E-state index in [4.69, 9.17) is 0 Å². The average Bonchev–Trinajstić information content (AvgIpc) is 2.82. The van der Waals surface area contributed by atoms with Crippen molar-refractivity contribution in [1.82, 2.24) is 15.0 Å². The van der Waals surface area contributed by atoms with Gasteiger partial charge in [-0.25, -0.2) is 13.9 Å². The molecule has 1 aromatic heterocycles. The number of aromatic carboxylic acids is 1. The van der Waals surface area contributed by atoms with E-state index in [9.17, 15) is 14.3 Å². The van der Waals surface area contributed by atoms with Crippen LogP contribution in [0.3, 0.4) is 0 Å². The van der Waals surface area contributed by atoms with Crippen LogP contribution in [0.2, 0.25) is 0 Å². The van der Waals surface area contributed by atoms with Gasteiger partial charge in [-0.2, -0.15) is 0 Å². The third-order valence-corrected chi connectivity index (χ3v) is 3.10. The molecular formula is C14H10FN3O2. The summed E-state index contributed by atoms with van der Waals surface area (Å²) in [5.41, 5.74) is 1.59. The second kappa shape index (κ2) is 4.41. The second-order valence-electron chi connectivity index (χ2n) is 4.39. The molecular weight excluding hydrogens is 261 g/mol. The molecule has 20 heavy (non-hydrogen) atoms. The molecule has 0 fully saturated rings. The number of hydrogen-bond acceptors (Lipinski definition) is 3. The molecule has 100 valence electrons. The summed E-state index contributed by atoms with van der Waals surface area (Å²) in [6.07, 6.45) is 0. The SMILES string of the molecule is Cc1cccc(F)c1-n1nnc2cccc(C(=O)O)c21. The Morgan fingerprint density at radius 3 is 2.70 bits per heavy atom. The number of rotatable bonds is 2. The van der Waals surface area contributed by atoms with Gasteiger partial charge in [0.15, 0.2) is 0 Å². The van der Waals surface area contributed by atoms with Gasteiger partial charge in [0, 0.05) is 0 Å². The van der Waals surface area contributed by atoms with Gasteiger partial charge in [0.25, 0.3) is 0 Å². The third-order valence-electron chi connectivity index (χ3n) is 3.10. The van der Waals surface area contributed by atoms with Gasteiger partial charge in [0.2, 0.25) is 0 Å². The molecule has 3 aromatic rings. The van der Waals surface area contributed by atoms with Crippen LogP contribution in [0.25, 0.3) is 16.7 Å². The summed E-state index contributed by atoms with van der Waals surface area (Å²) in [5.74, 6) is -1.58. The molecule has 0 aliphatic carbocycles. The number of fused-ring (bicyclic) bond motifs is 1. The predicted molar refractivity (Wildman–Crippen MR) is 70.5 cm³/mol. The number of nitrogens with zero attached hydrogens (tertiary/aromatic N) is 3. The number of aryl methyl sites for hydroxylation is 1. The van der Waals surface area contributed by atoms with Crippen LogP contribution in [0.15, 0.2) is 36.4 Å². The topological polar surface area (TPSA) is 68.0 Å². The van der Waals surface area contributed by atoms with Gasteiger partial charge < -0.3 is 5.11 Å². The Morgan fingerprint density at radius 1 is 1.25 bits per heavy atom. The fourth-order valence-electron chi connectivity index (χ4n) is 2.19. The molecule has 0 spiro atoms. The van der Waals surface area contributed by atoms with Crippen LogP contribution in [0.1, 0.15) is 15.9 Å². The van der Waals surface area contributed by atoms with Crippen molar-refractivity contribution in [3.8, 4) is 5.69 Å². The smallest absolute Gasteiger partial charge is 0.337 e. The van der Waals surface area contributed by atoms with E-state index in [2.05, 4.69) is 10.3 Å². The highest BCUT2D eigenvalue weighted by molar-refractivity contribution is 6.01. The van der Waals surface area contributed by atoms with Gasteiger partial charge >= 0.3 is 5.97 Å². The Bertz CT molecular complexity index is 806. The number of benzene rings is 2. The standard InChI is InChI=1S/C14H10FN3O2/c1-8-4-2-6-10(15)12(8)18-13-9(14(19)20)5-3-7-11(13)16-17-18/h2-7H,1H3,(H,19,20). The molecule has 1 heterocycles. The average molecular weight is 271 g/mol. The summed E-state index contributed by atoms with van der Waals surface area (Å²) in [6.45, 7) is 1.73. The van der Waals surface area contributed by atoms with Crippen LogP contribution < -0.4 is 0 Å². The summed E-state index contributed by atoms with van der Waals surface area (Å²) in [4.78, 5) is 11.3. The first-order chi connectivity index (χ1) is 9.59. The third kappa shape index (κ3) is 1.73. The van der Waals surface area contributed by atoms with Crippen molar-refractivity contribution in [1.29, 1.82) is 0 Å². The maximum atomic E-state index is 14.0. The molecule has 0 amide bonds. The Hall–Kier alpha value is -2.76. The van der Waals surface area contributed by atoms with E-state index in [-0.39, 0.29) is 16.8 Å². The molecule has 0 atom stereocenters. The van der Waals surface area contributed by atoms with Crippen molar-refractivity contribution in [2.45, 2.75) is 6.92 Å². The van der Waals surface area contributed by atoms with Crippen molar-refractivity contribution in [3.63, 3.8) is 0 Å². The van der Waals surface area contributed by atoms with E-state index in [1.165, 1.54) is 16.8 Å². The van der Waals surface area contributed by atoms with Gasteiger partial charge in [0.05, 0.1) is 5.56 Å². The summed E-state index contributed by atoms with van der Waals surface area (Å²) in [7, 11) is 0. The quantitative estimate of drug-likeness (QED) is 0.777. The highest BCUT2D eigenvalue weighted by Gasteiger charge is 2.18. The molecule has 5 nitrogen and oxygen atoms in total. The van der Waals surface area contributed by atoms with Crippen molar-refractivity contribution in [2.24, 2.45) is 0 Å². The van der Waals surface area contributed by atoms with Gasteiger partial charge in [-0.15, -0.1) is 5.10 Å². The fourth-order valence-corrected chi connectivity index (χ4v) is 2.19. The minimum absolute atomic E-state index is 0.0372. The van der Waals surface area contributed by atoms with Crippen molar-refractivity contribution in [2.75, 3.05) is 0 Å². The maximum absolute atomic E-state index is 14.0. The minimum atomic E-state index is -1.10. The van der Waals surface area contributed by atoms with E-state index in [0.717, 1.165) is 0 Å². The van der Waals surface area contributed by atoms with Crippen LogP contribution in [0.5, 0.6) is 0 Å². The zero-order valence-electron chi connectivity index (χ0n) is 10.5. The normalized spacial score (nSPS) is 10.9. The van der Waals surface area contributed by atoms with Crippen molar-refractivity contribution >= 4 is 17.0 Å². The second-order valence-corrected chi connectivity index (χ2v) is 4.39. The van der Waals surface area contributed by atoms with Crippen LogP contribution in [0.4, 0.5) is 4.39 Å². The van der Waals surface area contributed by atoms with Gasteiger partial charge in [-0.3, -0.25) is 0 Å². The Kier molecular flexibility index (Phi) is 2.71. The first-order valence-electron chi connectivity index (χ1n) is 5.93. The lowest BCUT2D eigenvalue weighted by atomic mass is 10.1. The Morgan fingerprint density at radius 2 is 2.00 bits per heavy atom. The number of aromatic nitrogens is 3. The number of para-hydroxylation sites is 2. The summed E-state index contributed by atoms with van der Waals surface area (Å²) in [5, 5.41) is 17.0. The number of carboxylic acid groups (broad SMARTS) is 1. The highest BCUT2D eigenvalue weighted by atomic mass is 19.1. The van der Waals surface area contributed by atoms with E-state index in [1.54, 1.807) is 31.2 Å². The fraction of sp³-hybridized carbons (Fsp3) is 0.0714. The van der Waals surface area contributed by atoms with Gasteiger partial charge in [-0.05, 0) is 30.7 Å². The largest absolute Gasteiger partial charge is 0.478 e. The molecule has 0 saturated heterocycles. The molecule has 3 rings (SSSR count). The number of halogens is 1.